The third-order valence-electron chi connectivity index (χ3n) is 3.71. The summed E-state index contributed by atoms with van der Waals surface area (Å²) in [6, 6.07) is 15.7. The fourth-order valence-electron chi connectivity index (χ4n) is 2.50. The molecule has 2 aromatic rings. The van der Waals surface area contributed by atoms with Gasteiger partial charge < -0.3 is 9.90 Å². The van der Waals surface area contributed by atoms with Gasteiger partial charge in [-0.25, -0.2) is 0 Å². The number of rotatable bonds is 4. The minimum absolute atomic E-state index is 0.0522. The molecule has 0 saturated carbocycles. The number of aromatic carboxylic acids is 1. The molecule has 26 heavy (non-hydrogen) atoms. The number of carbonyl (C=O) groups excluding carboxylic acids is 2. The Morgan fingerprint density at radius 3 is 2.38 bits per heavy atom. The van der Waals surface area contributed by atoms with Crippen LogP contribution in [0, 0.1) is 0 Å². The Morgan fingerprint density at radius 2 is 1.77 bits per heavy atom. The van der Waals surface area contributed by atoms with Gasteiger partial charge in [0.1, 0.15) is 0 Å². The van der Waals surface area contributed by atoms with E-state index in [9.17, 15) is 14.7 Å². The normalized spacial score (nSPS) is 16.4. The molecule has 0 N–H and O–H groups in total. The van der Waals surface area contributed by atoms with Crippen LogP contribution in [0.4, 0.5) is 5.69 Å². The zero-order valence-corrected chi connectivity index (χ0v) is 15.5. The van der Waals surface area contributed by atoms with Crippen LogP contribution in [-0.4, -0.2) is 16.2 Å². The summed E-state index contributed by atoms with van der Waals surface area (Å²) in [7, 11) is 0. The number of benzene rings is 2. The van der Waals surface area contributed by atoms with Crippen molar-refractivity contribution < 1.29 is 14.7 Å². The number of hydrogen-bond donors (Lipinski definition) is 0. The minimum atomic E-state index is -1.26. The van der Waals surface area contributed by atoms with Gasteiger partial charge in [0, 0.05) is 0 Å². The monoisotopic (exact) mass is 380 g/mol. The average Bonchev–Trinajstić information content (AvgIpc) is 2.89. The number of carboxylic acids is 1. The van der Waals surface area contributed by atoms with Crippen LogP contribution in [0.25, 0.3) is 6.08 Å². The Morgan fingerprint density at radius 1 is 1.12 bits per heavy atom. The molecule has 2 aromatic carbocycles. The molecule has 1 amide bonds. The van der Waals surface area contributed by atoms with E-state index >= 15 is 0 Å². The first kappa shape index (κ1) is 18.1. The number of thiocarbonyl (C=S) groups is 1. The first-order valence-corrected chi connectivity index (χ1v) is 9.01. The molecule has 0 aromatic heterocycles. The minimum Gasteiger partial charge on any atom is -0.545 e. The molecule has 0 aliphatic carbocycles. The predicted octanol–water partition coefficient (Wildman–Crippen LogP) is 3.40. The number of anilines is 1. The van der Waals surface area contributed by atoms with Crippen molar-refractivity contribution in [1.82, 2.24) is 0 Å². The smallest absolute Gasteiger partial charge is 0.270 e. The topological polar surface area (TPSA) is 60.4 Å². The van der Waals surface area contributed by atoms with E-state index in [-0.39, 0.29) is 11.5 Å². The Bertz CT molecular complexity index is 931. The van der Waals surface area contributed by atoms with Crippen LogP contribution < -0.4 is 10.0 Å². The molecule has 0 bridgehead atoms. The Balaban J connectivity index is 1.84. The molecule has 1 aliphatic heterocycles. The standard InChI is InChI=1S/C20H15NO3S2/c1-13(11-14-5-3-2-4-6-14)12-17-18(22)21(20(25)26-17)16-9-7-15(8-10-16)19(23)24/h2-12H,1H3,(H,23,24)/p-1/b13-11+,17-12-. The second-order valence-corrected chi connectivity index (χ2v) is 7.33. The molecular weight excluding hydrogens is 366 g/mol. The Kier molecular flexibility index (Phi) is 5.35. The molecule has 0 atom stereocenters. The molecule has 1 aliphatic rings. The van der Waals surface area contributed by atoms with Gasteiger partial charge in [-0.1, -0.05) is 72.5 Å². The molecule has 1 saturated heterocycles. The van der Waals surface area contributed by atoms with E-state index in [4.69, 9.17) is 12.2 Å². The predicted molar refractivity (Wildman–Crippen MR) is 107 cm³/mol. The third kappa shape index (κ3) is 3.92. The lowest BCUT2D eigenvalue weighted by Crippen LogP contribution is -2.28. The van der Waals surface area contributed by atoms with Crippen LogP contribution in [-0.2, 0) is 4.79 Å². The van der Waals surface area contributed by atoms with Crippen molar-refractivity contribution in [2.75, 3.05) is 4.90 Å². The summed E-state index contributed by atoms with van der Waals surface area (Å²) >= 11 is 6.55. The zero-order valence-electron chi connectivity index (χ0n) is 13.8. The molecular formula is C20H14NO3S2-. The van der Waals surface area contributed by atoms with Crippen LogP contribution in [0.5, 0.6) is 0 Å². The van der Waals surface area contributed by atoms with Gasteiger partial charge in [-0.3, -0.25) is 9.69 Å². The van der Waals surface area contributed by atoms with Gasteiger partial charge in [0.05, 0.1) is 16.6 Å². The Hall–Kier alpha value is -2.70. The molecule has 1 fully saturated rings. The van der Waals surface area contributed by atoms with Crippen molar-refractivity contribution in [3.05, 3.63) is 82.3 Å². The van der Waals surface area contributed by atoms with Crippen molar-refractivity contribution in [3.8, 4) is 0 Å². The lowest BCUT2D eigenvalue weighted by Gasteiger charge is -2.15. The van der Waals surface area contributed by atoms with Gasteiger partial charge in [0.2, 0.25) is 0 Å². The molecule has 0 radical (unpaired) electrons. The summed E-state index contributed by atoms with van der Waals surface area (Å²) in [5.41, 5.74) is 2.57. The van der Waals surface area contributed by atoms with Crippen molar-refractivity contribution in [3.63, 3.8) is 0 Å². The lowest BCUT2D eigenvalue weighted by molar-refractivity contribution is -0.255. The number of carbonyl (C=O) groups is 2. The summed E-state index contributed by atoms with van der Waals surface area (Å²) in [5, 5.41) is 10.8. The van der Waals surface area contributed by atoms with Crippen LogP contribution >= 0.6 is 24.0 Å². The molecule has 3 rings (SSSR count). The van der Waals surface area contributed by atoms with Gasteiger partial charge in [-0.05, 0) is 41.8 Å². The maximum atomic E-state index is 12.7. The number of allylic oxidation sites excluding steroid dienone is 2. The van der Waals surface area contributed by atoms with Crippen molar-refractivity contribution >= 4 is 51.9 Å². The fourth-order valence-corrected chi connectivity index (χ4v) is 3.85. The maximum absolute atomic E-state index is 12.7. The highest BCUT2D eigenvalue weighted by atomic mass is 32.2. The lowest BCUT2D eigenvalue weighted by atomic mass is 10.1. The molecule has 4 nitrogen and oxygen atoms in total. The number of thioether (sulfide) groups is 1. The van der Waals surface area contributed by atoms with E-state index in [0.29, 0.717) is 14.9 Å². The van der Waals surface area contributed by atoms with Crippen LogP contribution in [0.3, 0.4) is 0 Å². The number of nitrogens with zero attached hydrogens (tertiary/aromatic N) is 1. The highest BCUT2D eigenvalue weighted by Crippen LogP contribution is 2.35. The highest BCUT2D eigenvalue weighted by Gasteiger charge is 2.33. The highest BCUT2D eigenvalue weighted by molar-refractivity contribution is 8.27. The van der Waals surface area contributed by atoms with Gasteiger partial charge in [-0.2, -0.15) is 0 Å². The van der Waals surface area contributed by atoms with Crippen LogP contribution in [0.2, 0.25) is 0 Å². The second kappa shape index (κ2) is 7.68. The van der Waals surface area contributed by atoms with Gasteiger partial charge in [-0.15, -0.1) is 0 Å². The van der Waals surface area contributed by atoms with Gasteiger partial charge >= 0.3 is 0 Å². The van der Waals surface area contributed by atoms with E-state index in [1.165, 1.54) is 28.8 Å². The summed E-state index contributed by atoms with van der Waals surface area (Å²) in [4.78, 5) is 25.5. The molecule has 130 valence electrons. The summed E-state index contributed by atoms with van der Waals surface area (Å²) in [6.45, 7) is 1.92. The average molecular weight is 380 g/mol. The van der Waals surface area contributed by atoms with Gasteiger partial charge in [0.25, 0.3) is 5.91 Å². The SMILES string of the molecule is CC(/C=C1\SC(=S)N(c2ccc(C(=O)[O-])cc2)C1=O)=C\c1ccccc1. The largest absolute Gasteiger partial charge is 0.545 e. The van der Waals surface area contributed by atoms with E-state index < -0.39 is 5.97 Å². The second-order valence-electron chi connectivity index (χ2n) is 5.65. The van der Waals surface area contributed by atoms with E-state index in [1.807, 2.05) is 49.4 Å². The molecule has 6 heteroatoms. The fraction of sp³-hybridized carbons (Fsp3) is 0.0500. The number of hydrogen-bond acceptors (Lipinski definition) is 5. The number of amides is 1. The molecule has 1 heterocycles. The number of carboxylic acid groups (broad SMARTS) is 1. The quantitative estimate of drug-likeness (QED) is 0.601. The maximum Gasteiger partial charge on any atom is 0.270 e. The van der Waals surface area contributed by atoms with Gasteiger partial charge in [0.15, 0.2) is 4.32 Å². The first-order valence-electron chi connectivity index (χ1n) is 7.78. The first-order chi connectivity index (χ1) is 12.5. The third-order valence-corrected chi connectivity index (χ3v) is 5.01. The van der Waals surface area contributed by atoms with E-state index in [0.717, 1.165) is 11.1 Å². The van der Waals surface area contributed by atoms with Crippen molar-refractivity contribution in [2.24, 2.45) is 0 Å². The van der Waals surface area contributed by atoms with E-state index in [2.05, 4.69) is 0 Å². The molecule has 0 unspecified atom stereocenters. The van der Waals surface area contributed by atoms with Crippen molar-refractivity contribution in [1.29, 1.82) is 0 Å². The zero-order chi connectivity index (χ0) is 18.7. The van der Waals surface area contributed by atoms with Crippen LogP contribution in [0.15, 0.2) is 71.2 Å². The Labute approximate surface area is 160 Å². The summed E-state index contributed by atoms with van der Waals surface area (Å²) in [5.74, 6) is -1.48. The van der Waals surface area contributed by atoms with Crippen molar-refractivity contribution in [2.45, 2.75) is 6.92 Å². The summed E-state index contributed by atoms with van der Waals surface area (Å²) in [6.07, 6.45) is 3.79. The summed E-state index contributed by atoms with van der Waals surface area (Å²) < 4.78 is 0.412. The van der Waals surface area contributed by atoms with E-state index in [1.54, 1.807) is 12.1 Å². The molecule has 0 spiro atoms. The van der Waals surface area contributed by atoms with Crippen LogP contribution in [0.1, 0.15) is 22.8 Å².